The third-order valence-electron chi connectivity index (χ3n) is 2.97. The second-order valence-electron chi connectivity index (χ2n) is 4.45. The van der Waals surface area contributed by atoms with E-state index < -0.39 is 0 Å². The first-order valence-corrected chi connectivity index (χ1v) is 5.88. The molecular weight excluding hydrogens is 200 g/mol. The molecule has 3 nitrogen and oxygen atoms in total. The highest BCUT2D eigenvalue weighted by atomic mass is 16.2. The molecule has 2 amide bonds. The van der Waals surface area contributed by atoms with E-state index in [-0.39, 0.29) is 6.03 Å². The van der Waals surface area contributed by atoms with Crippen LogP contribution in [0.4, 0.5) is 10.5 Å². The first-order chi connectivity index (χ1) is 7.74. The van der Waals surface area contributed by atoms with E-state index in [4.69, 9.17) is 0 Å². The number of carbonyl (C=O) groups excluding carboxylic acids is 1. The molecule has 0 unspecified atom stereocenters. The molecule has 3 heteroatoms. The highest BCUT2D eigenvalue weighted by molar-refractivity contribution is 5.89. The topological polar surface area (TPSA) is 41.1 Å². The van der Waals surface area contributed by atoms with Crippen LogP contribution in [0.15, 0.2) is 24.3 Å². The lowest BCUT2D eigenvalue weighted by molar-refractivity contribution is 0.248. The zero-order chi connectivity index (χ0) is 11.4. The number of urea groups is 1. The van der Waals surface area contributed by atoms with Crippen LogP contribution in [-0.2, 0) is 0 Å². The Morgan fingerprint density at radius 1 is 1.31 bits per heavy atom. The number of hydrogen-bond acceptors (Lipinski definition) is 1. The monoisotopic (exact) mass is 218 g/mol. The summed E-state index contributed by atoms with van der Waals surface area (Å²) in [6, 6.07) is 8.11. The molecule has 1 aliphatic rings. The maximum Gasteiger partial charge on any atom is 0.319 e. The Kier molecular flexibility index (Phi) is 3.44. The highest BCUT2D eigenvalue weighted by Crippen LogP contribution is 2.17. The summed E-state index contributed by atoms with van der Waals surface area (Å²) in [5.41, 5.74) is 2.01. The first-order valence-electron chi connectivity index (χ1n) is 5.88. The maximum absolute atomic E-state index is 11.7. The van der Waals surface area contributed by atoms with E-state index >= 15 is 0 Å². The second kappa shape index (κ2) is 5.01. The molecule has 0 aromatic heterocycles. The SMILES string of the molecule is Cc1cccc(NC(=O)NC2CCCC2)c1. The number of carbonyl (C=O) groups is 1. The van der Waals surface area contributed by atoms with E-state index in [1.165, 1.54) is 12.8 Å². The van der Waals surface area contributed by atoms with E-state index in [9.17, 15) is 4.79 Å². The minimum atomic E-state index is -0.0856. The fraction of sp³-hybridized carbons (Fsp3) is 0.462. The van der Waals surface area contributed by atoms with Crippen molar-refractivity contribution >= 4 is 11.7 Å². The van der Waals surface area contributed by atoms with Gasteiger partial charge in [0.05, 0.1) is 0 Å². The van der Waals surface area contributed by atoms with E-state index in [0.29, 0.717) is 6.04 Å². The molecule has 1 aliphatic carbocycles. The number of benzene rings is 1. The van der Waals surface area contributed by atoms with Crippen LogP contribution in [0.3, 0.4) is 0 Å². The van der Waals surface area contributed by atoms with Gasteiger partial charge in [0.2, 0.25) is 0 Å². The van der Waals surface area contributed by atoms with Gasteiger partial charge in [0.25, 0.3) is 0 Å². The predicted molar refractivity (Wildman–Crippen MR) is 65.6 cm³/mol. The van der Waals surface area contributed by atoms with Crippen LogP contribution < -0.4 is 10.6 Å². The van der Waals surface area contributed by atoms with E-state index in [1.807, 2.05) is 31.2 Å². The van der Waals surface area contributed by atoms with E-state index in [2.05, 4.69) is 10.6 Å². The Bertz CT molecular complexity index is 370. The number of nitrogens with one attached hydrogen (secondary N) is 2. The van der Waals surface area contributed by atoms with Crippen molar-refractivity contribution in [1.29, 1.82) is 0 Å². The molecule has 1 fully saturated rings. The number of aryl methyl sites for hydroxylation is 1. The predicted octanol–water partition coefficient (Wildman–Crippen LogP) is 3.06. The number of hydrogen-bond donors (Lipinski definition) is 2. The Balaban J connectivity index is 1.86. The molecule has 0 aliphatic heterocycles. The minimum Gasteiger partial charge on any atom is -0.335 e. The Hall–Kier alpha value is -1.51. The summed E-state index contributed by atoms with van der Waals surface area (Å²) in [6.45, 7) is 2.01. The summed E-state index contributed by atoms with van der Waals surface area (Å²) < 4.78 is 0. The largest absolute Gasteiger partial charge is 0.335 e. The quantitative estimate of drug-likeness (QED) is 0.787. The molecule has 16 heavy (non-hydrogen) atoms. The van der Waals surface area contributed by atoms with Crippen LogP contribution in [0.2, 0.25) is 0 Å². The van der Waals surface area contributed by atoms with E-state index in [0.717, 1.165) is 24.1 Å². The van der Waals surface area contributed by atoms with Gasteiger partial charge in [0.15, 0.2) is 0 Å². The summed E-state index contributed by atoms with van der Waals surface area (Å²) in [7, 11) is 0. The van der Waals surface area contributed by atoms with Crippen molar-refractivity contribution in [3.05, 3.63) is 29.8 Å². The second-order valence-corrected chi connectivity index (χ2v) is 4.45. The van der Waals surface area contributed by atoms with Gasteiger partial charge >= 0.3 is 6.03 Å². The molecule has 86 valence electrons. The summed E-state index contributed by atoms with van der Waals surface area (Å²) in [5.74, 6) is 0. The Morgan fingerprint density at radius 2 is 2.06 bits per heavy atom. The Morgan fingerprint density at radius 3 is 2.75 bits per heavy atom. The third kappa shape index (κ3) is 2.99. The van der Waals surface area contributed by atoms with Gasteiger partial charge in [-0.05, 0) is 37.5 Å². The third-order valence-corrected chi connectivity index (χ3v) is 2.97. The molecule has 0 heterocycles. The molecule has 0 spiro atoms. The molecule has 0 radical (unpaired) electrons. The highest BCUT2D eigenvalue weighted by Gasteiger charge is 2.16. The van der Waals surface area contributed by atoms with Crippen molar-refractivity contribution in [3.8, 4) is 0 Å². The summed E-state index contributed by atoms with van der Waals surface area (Å²) in [4.78, 5) is 11.7. The van der Waals surface area contributed by atoms with Gasteiger partial charge in [-0.2, -0.15) is 0 Å². The summed E-state index contributed by atoms with van der Waals surface area (Å²) in [5, 5.41) is 5.86. The minimum absolute atomic E-state index is 0.0856. The average molecular weight is 218 g/mol. The van der Waals surface area contributed by atoms with Crippen molar-refractivity contribution in [2.45, 2.75) is 38.6 Å². The normalized spacial score (nSPS) is 16.1. The molecule has 0 bridgehead atoms. The van der Waals surface area contributed by atoms with Gasteiger partial charge in [-0.3, -0.25) is 0 Å². The smallest absolute Gasteiger partial charge is 0.319 e. The van der Waals surface area contributed by atoms with Crippen LogP contribution >= 0.6 is 0 Å². The van der Waals surface area contributed by atoms with Crippen LogP contribution in [0.25, 0.3) is 0 Å². The molecule has 2 N–H and O–H groups in total. The van der Waals surface area contributed by atoms with Crippen molar-refractivity contribution in [2.75, 3.05) is 5.32 Å². The standard InChI is InChI=1S/C13H18N2O/c1-10-5-4-8-12(9-10)15-13(16)14-11-6-2-3-7-11/h4-5,8-9,11H,2-3,6-7H2,1H3,(H2,14,15,16). The molecular formula is C13H18N2O. The van der Waals surface area contributed by atoms with Crippen LogP contribution in [0, 0.1) is 6.92 Å². The fourth-order valence-electron chi connectivity index (χ4n) is 2.15. The maximum atomic E-state index is 11.7. The van der Waals surface area contributed by atoms with Crippen LogP contribution in [0.1, 0.15) is 31.2 Å². The molecule has 1 aromatic carbocycles. The van der Waals surface area contributed by atoms with Crippen LogP contribution in [0.5, 0.6) is 0 Å². The zero-order valence-corrected chi connectivity index (χ0v) is 9.62. The lowest BCUT2D eigenvalue weighted by Gasteiger charge is -2.13. The van der Waals surface area contributed by atoms with Crippen molar-refractivity contribution in [1.82, 2.24) is 5.32 Å². The number of rotatable bonds is 2. The van der Waals surface area contributed by atoms with Gasteiger partial charge < -0.3 is 10.6 Å². The summed E-state index contributed by atoms with van der Waals surface area (Å²) >= 11 is 0. The van der Waals surface area contributed by atoms with Crippen molar-refractivity contribution in [3.63, 3.8) is 0 Å². The van der Waals surface area contributed by atoms with Gasteiger partial charge in [-0.25, -0.2) is 4.79 Å². The van der Waals surface area contributed by atoms with Gasteiger partial charge in [0.1, 0.15) is 0 Å². The van der Waals surface area contributed by atoms with Gasteiger partial charge in [-0.15, -0.1) is 0 Å². The molecule has 0 atom stereocenters. The lowest BCUT2D eigenvalue weighted by atomic mass is 10.2. The number of amides is 2. The number of anilines is 1. The Labute approximate surface area is 96.2 Å². The molecule has 2 rings (SSSR count). The first kappa shape index (κ1) is 11.0. The van der Waals surface area contributed by atoms with Crippen molar-refractivity contribution in [2.24, 2.45) is 0 Å². The van der Waals surface area contributed by atoms with Crippen LogP contribution in [-0.4, -0.2) is 12.1 Å². The van der Waals surface area contributed by atoms with Gasteiger partial charge in [-0.1, -0.05) is 25.0 Å². The molecule has 0 saturated heterocycles. The van der Waals surface area contributed by atoms with Crippen molar-refractivity contribution < 1.29 is 4.79 Å². The summed E-state index contributed by atoms with van der Waals surface area (Å²) in [6.07, 6.45) is 4.69. The fourth-order valence-corrected chi connectivity index (χ4v) is 2.15. The van der Waals surface area contributed by atoms with Gasteiger partial charge in [0, 0.05) is 11.7 Å². The zero-order valence-electron chi connectivity index (χ0n) is 9.62. The average Bonchev–Trinajstić information content (AvgIpc) is 2.70. The molecule has 1 saturated carbocycles. The molecule has 1 aromatic rings. The van der Waals surface area contributed by atoms with E-state index in [1.54, 1.807) is 0 Å². The lowest BCUT2D eigenvalue weighted by Crippen LogP contribution is -2.36.